The van der Waals surface area contributed by atoms with Crippen LogP contribution < -0.4 is 31.9 Å². The van der Waals surface area contributed by atoms with Crippen LogP contribution in [-0.2, 0) is 21.0 Å². The molecular formula is C34H56Cl2N10O17S. The summed E-state index contributed by atoms with van der Waals surface area (Å²) in [6.45, 7) is -0.439. The molecule has 0 fully saturated rings. The maximum atomic E-state index is 10.1. The lowest BCUT2D eigenvalue weighted by atomic mass is 10.0. The van der Waals surface area contributed by atoms with Crippen molar-refractivity contribution in [3.05, 3.63) is 58.6 Å². The number of guanidine groups is 4. The van der Waals surface area contributed by atoms with E-state index < -0.39 is 85.3 Å². The Hall–Kier alpha value is -4.89. The number of aliphatic hydroxyl groups excluding tert-OH is 10. The van der Waals surface area contributed by atoms with E-state index in [1.807, 2.05) is 0 Å². The molecule has 0 heterocycles. The van der Waals surface area contributed by atoms with Crippen molar-refractivity contribution >= 4 is 81.7 Å². The first-order valence-electron chi connectivity index (χ1n) is 18.2. The number of hydrogen-bond acceptors (Lipinski definition) is 17. The molecule has 2 aromatic carbocycles. The van der Waals surface area contributed by atoms with Crippen molar-refractivity contribution in [3.8, 4) is 0 Å². The molecule has 0 bridgehead atoms. The van der Waals surface area contributed by atoms with Gasteiger partial charge in [0.25, 0.3) is 11.4 Å². The van der Waals surface area contributed by atoms with Gasteiger partial charge in [0.05, 0.1) is 13.2 Å². The summed E-state index contributed by atoms with van der Waals surface area (Å²) in [6, 6.07) is 13.9. The topological polar surface area (TPSA) is 502 Å². The van der Waals surface area contributed by atoms with Crippen molar-refractivity contribution in [2.24, 2.45) is 0 Å². The van der Waals surface area contributed by atoms with Gasteiger partial charge in [0.1, 0.15) is 36.6 Å². The molecule has 0 aliphatic rings. The van der Waals surface area contributed by atoms with Crippen LogP contribution in [0.2, 0.25) is 10.0 Å². The van der Waals surface area contributed by atoms with E-state index in [9.17, 15) is 9.59 Å². The van der Waals surface area contributed by atoms with Gasteiger partial charge in [-0.15, -0.1) is 0 Å². The second-order valence-corrected chi connectivity index (χ2v) is 13.9. The largest absolute Gasteiger partial charge is 0.479 e. The van der Waals surface area contributed by atoms with Gasteiger partial charge in [-0.25, -0.2) is 9.59 Å². The smallest absolute Gasteiger partial charge is 0.335 e. The van der Waals surface area contributed by atoms with Gasteiger partial charge in [-0.1, -0.05) is 36.0 Å². The number of unbranched alkanes of at least 4 members (excludes halogenated alkanes) is 3. The van der Waals surface area contributed by atoms with E-state index in [2.05, 4.69) is 31.9 Å². The minimum atomic E-state index is -2.61. The number of halogens is 2. The lowest BCUT2D eigenvalue weighted by Gasteiger charge is -2.23. The Kier molecular flexibility index (Phi) is 33.0. The summed E-state index contributed by atoms with van der Waals surface area (Å²) in [5.74, 6) is -3.34. The quantitative estimate of drug-likeness (QED) is 0.0286. The van der Waals surface area contributed by atoms with Crippen molar-refractivity contribution in [3.63, 3.8) is 0 Å². The first-order valence-corrected chi connectivity index (χ1v) is 20.0. The average Bonchev–Trinajstić information content (AvgIpc) is 3.23. The molecule has 364 valence electrons. The Bertz CT molecular complexity index is 1610. The van der Waals surface area contributed by atoms with Crippen molar-refractivity contribution in [1.29, 1.82) is 21.6 Å². The highest BCUT2D eigenvalue weighted by atomic mass is 35.5. The fourth-order valence-electron chi connectivity index (χ4n) is 4.12. The van der Waals surface area contributed by atoms with Crippen LogP contribution in [0.1, 0.15) is 25.7 Å². The molecule has 0 saturated carbocycles. The highest BCUT2D eigenvalue weighted by molar-refractivity contribution is 7.73. The molecule has 0 amide bonds. The summed E-state index contributed by atoms with van der Waals surface area (Å²) in [7, 11) is 0. The SMILES string of the molecule is N=C(NCCCCCCNC(=N)NC(=N)Nc1ccc(Cl)cc1)NC(=N)Nc1ccc(Cl)cc1.O=C(O)[C@H](O)[C@@H](O)[C@H](O)[C@H](O)CO.O=C(O)[C@H](O)[C@@H](O)[C@H](O)[C@H](O)CO.O=S(O)O. The van der Waals surface area contributed by atoms with Crippen LogP contribution in [0.3, 0.4) is 0 Å². The number of nitrogens with one attached hydrogen (secondary N) is 10. The molecule has 0 spiro atoms. The fraction of sp³-hybridized carbons (Fsp3) is 0.471. The Labute approximate surface area is 377 Å². The van der Waals surface area contributed by atoms with Gasteiger partial charge in [0.15, 0.2) is 36.0 Å². The number of rotatable bonds is 19. The fourth-order valence-corrected chi connectivity index (χ4v) is 4.38. The van der Waals surface area contributed by atoms with Crippen LogP contribution >= 0.6 is 23.2 Å². The molecule has 8 atom stereocenters. The minimum absolute atomic E-state index is 0.00148. The lowest BCUT2D eigenvalue weighted by molar-refractivity contribution is -0.164. The maximum absolute atomic E-state index is 10.1. The third-order valence-electron chi connectivity index (χ3n) is 7.45. The third-order valence-corrected chi connectivity index (χ3v) is 7.95. The van der Waals surface area contributed by atoms with E-state index in [1.54, 1.807) is 48.5 Å². The summed E-state index contributed by atoms with van der Waals surface area (Å²) in [6.07, 6.45) is -12.0. The molecule has 64 heavy (non-hydrogen) atoms. The number of aliphatic hydroxyl groups is 10. The number of benzene rings is 2. The molecule has 0 aliphatic carbocycles. The number of aliphatic carboxylic acids is 2. The summed E-state index contributed by atoms with van der Waals surface area (Å²) >= 11 is 9.06. The van der Waals surface area contributed by atoms with Crippen molar-refractivity contribution < 1.29 is 84.2 Å². The molecular weight excluding hydrogens is 923 g/mol. The minimum Gasteiger partial charge on any atom is -0.479 e. The zero-order chi connectivity index (χ0) is 49.5. The summed E-state index contributed by atoms with van der Waals surface area (Å²) in [4.78, 5) is 20.2. The molecule has 2 rings (SSSR count). The number of anilines is 2. The van der Waals surface area contributed by atoms with Crippen molar-refractivity contribution in [1.82, 2.24) is 21.3 Å². The third kappa shape index (κ3) is 29.5. The summed E-state index contributed by atoms with van der Waals surface area (Å²) < 4.78 is 22.8. The Morgan fingerprint density at radius 1 is 0.531 bits per heavy atom. The van der Waals surface area contributed by atoms with E-state index in [1.165, 1.54) is 0 Å². The number of carboxylic acid groups (broad SMARTS) is 2. The van der Waals surface area contributed by atoms with E-state index in [-0.39, 0.29) is 23.8 Å². The van der Waals surface area contributed by atoms with E-state index in [0.29, 0.717) is 34.5 Å². The zero-order valence-corrected chi connectivity index (χ0v) is 35.9. The molecule has 0 saturated heterocycles. The van der Waals surface area contributed by atoms with Gasteiger partial charge < -0.3 is 82.5 Å². The van der Waals surface area contributed by atoms with Crippen molar-refractivity contribution in [2.45, 2.75) is 74.5 Å². The van der Waals surface area contributed by atoms with Gasteiger partial charge >= 0.3 is 11.9 Å². The van der Waals surface area contributed by atoms with Gasteiger partial charge in [-0.05, 0) is 61.4 Å². The van der Waals surface area contributed by atoms with E-state index in [4.69, 9.17) is 119 Å². The van der Waals surface area contributed by atoms with E-state index in [0.717, 1.165) is 25.7 Å². The molecule has 2 aromatic rings. The number of carboxylic acids is 2. The average molecular weight is 980 g/mol. The van der Waals surface area contributed by atoms with Gasteiger partial charge in [0, 0.05) is 34.5 Å². The second kappa shape index (κ2) is 34.5. The van der Waals surface area contributed by atoms with Crippen LogP contribution in [0.5, 0.6) is 0 Å². The highest BCUT2D eigenvalue weighted by Crippen LogP contribution is 2.14. The number of hydrogen-bond donors (Lipinski definition) is 24. The molecule has 30 heteroatoms. The predicted molar refractivity (Wildman–Crippen MR) is 233 cm³/mol. The summed E-state index contributed by atoms with van der Waals surface area (Å²) in [5.41, 5.74) is 1.42. The normalized spacial score (nSPS) is 14.2. The second-order valence-electron chi connectivity index (χ2n) is 12.5. The van der Waals surface area contributed by atoms with Crippen LogP contribution in [0, 0.1) is 21.6 Å². The monoisotopic (exact) mass is 978 g/mol. The zero-order valence-electron chi connectivity index (χ0n) is 33.5. The molecule has 0 unspecified atom stereocenters. The van der Waals surface area contributed by atoms with Crippen LogP contribution in [-0.4, -0.2) is 186 Å². The predicted octanol–water partition coefficient (Wildman–Crippen LogP) is -3.13. The number of carbonyl (C=O) groups is 2. The highest BCUT2D eigenvalue weighted by Gasteiger charge is 2.34. The summed E-state index contributed by atoms with van der Waals surface area (Å²) in [5, 5.41) is 153. The van der Waals surface area contributed by atoms with Crippen LogP contribution in [0.15, 0.2) is 48.5 Å². The first-order chi connectivity index (χ1) is 29.9. The van der Waals surface area contributed by atoms with Gasteiger partial charge in [-0.2, -0.15) is 4.21 Å². The molecule has 0 aromatic heterocycles. The Morgan fingerprint density at radius 3 is 1.06 bits per heavy atom. The Morgan fingerprint density at radius 2 is 0.812 bits per heavy atom. The molecule has 24 N–H and O–H groups in total. The van der Waals surface area contributed by atoms with Crippen LogP contribution in [0.25, 0.3) is 0 Å². The van der Waals surface area contributed by atoms with Crippen LogP contribution in [0.4, 0.5) is 11.4 Å². The molecule has 27 nitrogen and oxygen atoms in total. The van der Waals surface area contributed by atoms with Gasteiger partial charge in [-0.3, -0.25) is 41.4 Å². The Balaban J connectivity index is 0. The molecule has 0 radical (unpaired) electrons. The van der Waals surface area contributed by atoms with E-state index >= 15 is 0 Å². The maximum Gasteiger partial charge on any atom is 0.335 e. The molecule has 0 aliphatic heterocycles. The first kappa shape index (κ1) is 61.2. The lowest BCUT2D eigenvalue weighted by Crippen LogP contribution is -2.48. The van der Waals surface area contributed by atoms with Gasteiger partial charge in [0.2, 0.25) is 0 Å². The standard InChI is InChI=1S/C22H30Cl2N10.2C6H12O7.H2O3S/c23-15-5-9-17(10-6-15)31-21(27)33-19(25)29-13-3-1-2-4-14-30-20(26)34-22(28)32-18-11-7-16(24)8-12-18;2*7-1-2(8)3(9)4(10)5(11)6(12)13;1-4(2)3/h5-12H,1-4,13-14H2,(H5,25,27,29,31,33)(H5,26,28,30,32,34);2*2-5,7-11H,1H2,(H,12,13);(H2,1,2,3)/t;2*2-,3-,4+,5-;/m.11./s1. The van der Waals surface area contributed by atoms with Crippen molar-refractivity contribution in [2.75, 3.05) is 36.9 Å².